The molecule has 0 aromatic rings. The molecule has 0 fully saturated rings. The zero-order chi connectivity index (χ0) is 20.2. The molecule has 0 spiro atoms. The number of carbonyl (C=O) groups excluding carboxylic acids is 2. The van der Waals surface area contributed by atoms with Gasteiger partial charge in [-0.2, -0.15) is 0 Å². The molecular weight excluding hydrogens is 328 g/mol. The molecule has 0 heterocycles. The van der Waals surface area contributed by atoms with E-state index in [9.17, 15) is 9.59 Å². The Morgan fingerprint density at radius 1 is 0.615 bits per heavy atom. The van der Waals surface area contributed by atoms with E-state index in [4.69, 9.17) is 0 Å². The molecule has 0 radical (unpaired) electrons. The molecule has 0 aliphatic carbocycles. The fourth-order valence-corrected chi connectivity index (χ4v) is 2.08. The maximum Gasteiger partial charge on any atom is 0.333 e. The van der Waals surface area contributed by atoms with E-state index in [0.717, 1.165) is 0 Å². The Morgan fingerprint density at radius 3 is 1.12 bits per heavy atom. The lowest BCUT2D eigenvalue weighted by atomic mass is 10.1. The van der Waals surface area contributed by atoms with Crippen molar-refractivity contribution in [1.29, 1.82) is 0 Å². The molecule has 4 heteroatoms. The molecule has 0 saturated carbocycles. The fraction of sp³-hybridized carbons (Fsp3) is 0.727. The van der Waals surface area contributed by atoms with Crippen LogP contribution in [-0.4, -0.2) is 25.2 Å². The first-order chi connectivity index (χ1) is 12.4. The smallest absolute Gasteiger partial charge is 0.333 e. The molecule has 0 saturated heterocycles. The van der Waals surface area contributed by atoms with Crippen molar-refractivity contribution >= 4 is 11.9 Å². The molecule has 0 aromatic carbocycles. The molecule has 0 atom stereocenters. The lowest BCUT2D eigenvalue weighted by Crippen LogP contribution is -2.14. The second-order valence-electron chi connectivity index (χ2n) is 6.66. The molecule has 0 amide bonds. The summed E-state index contributed by atoms with van der Waals surface area (Å²) in [6.45, 7) is 14.5. The predicted molar refractivity (Wildman–Crippen MR) is 109 cm³/mol. The summed E-state index contributed by atoms with van der Waals surface area (Å²) in [5.41, 5.74) is 0.632. The number of hydrogen-bond acceptors (Lipinski definition) is 4. The summed E-state index contributed by atoms with van der Waals surface area (Å²) in [5.74, 6) is -0.979. The second-order valence-corrected chi connectivity index (χ2v) is 6.66. The minimum absolute atomic E-state index is 0.0325. The first kappa shape index (κ1) is 26.6. The topological polar surface area (TPSA) is 52.6 Å². The van der Waals surface area contributed by atoms with Gasteiger partial charge in [-0.25, -0.2) is 9.59 Å². The SMILES string of the molecule is C=C(C)C(=O)OCCOC(=O)C(=C)C.CCCCCCCCCCCC. The van der Waals surface area contributed by atoms with Crippen molar-refractivity contribution in [2.24, 2.45) is 0 Å². The van der Waals surface area contributed by atoms with Gasteiger partial charge in [-0.15, -0.1) is 0 Å². The van der Waals surface area contributed by atoms with E-state index < -0.39 is 11.9 Å². The number of hydrogen-bond donors (Lipinski definition) is 0. The van der Waals surface area contributed by atoms with Crippen LogP contribution in [-0.2, 0) is 19.1 Å². The Kier molecular flexibility index (Phi) is 20.2. The quantitative estimate of drug-likeness (QED) is 0.209. The van der Waals surface area contributed by atoms with Gasteiger partial charge in [-0.3, -0.25) is 0 Å². The van der Waals surface area contributed by atoms with Gasteiger partial charge in [0.05, 0.1) is 0 Å². The Labute approximate surface area is 161 Å². The van der Waals surface area contributed by atoms with Gasteiger partial charge in [0, 0.05) is 11.1 Å². The molecule has 0 aliphatic heterocycles. The van der Waals surface area contributed by atoms with Crippen LogP contribution in [0.15, 0.2) is 24.3 Å². The van der Waals surface area contributed by atoms with Crippen molar-refractivity contribution < 1.29 is 19.1 Å². The standard InChI is InChI=1S/C12H26.C10H14O4/c1-3-5-7-9-11-12-10-8-6-4-2;1-7(2)9(11)13-5-6-14-10(12)8(3)4/h3-12H2,1-2H3;1,3,5-6H2,2,4H3. The van der Waals surface area contributed by atoms with Crippen molar-refractivity contribution in [3.05, 3.63) is 24.3 Å². The number of carbonyl (C=O) groups is 2. The van der Waals surface area contributed by atoms with Crippen LogP contribution in [0.2, 0.25) is 0 Å². The van der Waals surface area contributed by atoms with Crippen molar-refractivity contribution in [2.75, 3.05) is 13.2 Å². The van der Waals surface area contributed by atoms with E-state index in [1.54, 1.807) is 13.8 Å². The number of unbranched alkanes of at least 4 members (excludes halogenated alkanes) is 9. The monoisotopic (exact) mass is 368 g/mol. The highest BCUT2D eigenvalue weighted by atomic mass is 16.6. The average Bonchev–Trinajstić information content (AvgIpc) is 2.61. The maximum absolute atomic E-state index is 10.8. The lowest BCUT2D eigenvalue weighted by molar-refractivity contribution is -0.147. The summed E-state index contributed by atoms with van der Waals surface area (Å²) in [7, 11) is 0. The summed E-state index contributed by atoms with van der Waals surface area (Å²) in [6, 6.07) is 0. The minimum Gasteiger partial charge on any atom is -0.459 e. The number of esters is 2. The zero-order valence-electron chi connectivity index (χ0n) is 17.5. The number of ether oxygens (including phenoxy) is 2. The lowest BCUT2D eigenvalue weighted by Gasteiger charge is -2.05. The molecule has 4 nitrogen and oxygen atoms in total. The summed E-state index contributed by atoms with van der Waals surface area (Å²) in [4.78, 5) is 21.7. The molecule has 0 aliphatic rings. The van der Waals surface area contributed by atoms with E-state index >= 15 is 0 Å². The number of rotatable bonds is 14. The largest absolute Gasteiger partial charge is 0.459 e. The van der Waals surface area contributed by atoms with Gasteiger partial charge in [-0.05, 0) is 13.8 Å². The van der Waals surface area contributed by atoms with Crippen molar-refractivity contribution in [1.82, 2.24) is 0 Å². The summed E-state index contributed by atoms with van der Waals surface area (Å²) < 4.78 is 9.38. The van der Waals surface area contributed by atoms with Gasteiger partial charge in [0.15, 0.2) is 0 Å². The Bertz CT molecular complexity index is 361. The van der Waals surface area contributed by atoms with E-state index in [0.29, 0.717) is 11.1 Å². The van der Waals surface area contributed by atoms with Crippen LogP contribution in [0.5, 0.6) is 0 Å². The summed E-state index contributed by atoms with van der Waals surface area (Å²) in [5, 5.41) is 0. The van der Waals surface area contributed by atoms with Gasteiger partial charge in [-0.1, -0.05) is 91.2 Å². The van der Waals surface area contributed by atoms with Crippen LogP contribution >= 0.6 is 0 Å². The molecule has 0 unspecified atom stereocenters. The van der Waals surface area contributed by atoms with Gasteiger partial charge in [0.2, 0.25) is 0 Å². The molecule has 26 heavy (non-hydrogen) atoms. The Hall–Kier alpha value is -1.58. The third kappa shape index (κ3) is 20.5. The van der Waals surface area contributed by atoms with Crippen LogP contribution in [0, 0.1) is 0 Å². The molecule has 0 bridgehead atoms. The molecule has 0 N–H and O–H groups in total. The normalized spacial score (nSPS) is 9.69. The van der Waals surface area contributed by atoms with Gasteiger partial charge < -0.3 is 9.47 Å². The van der Waals surface area contributed by atoms with E-state index in [1.165, 1.54) is 64.2 Å². The zero-order valence-corrected chi connectivity index (χ0v) is 17.5. The highest BCUT2D eigenvalue weighted by molar-refractivity contribution is 5.87. The third-order valence-corrected chi connectivity index (χ3v) is 3.70. The van der Waals surface area contributed by atoms with Crippen molar-refractivity contribution in [3.8, 4) is 0 Å². The van der Waals surface area contributed by atoms with Crippen LogP contribution in [0.4, 0.5) is 0 Å². The molecule has 152 valence electrons. The minimum atomic E-state index is -0.489. The van der Waals surface area contributed by atoms with Crippen LogP contribution in [0.25, 0.3) is 0 Å². The summed E-state index contributed by atoms with van der Waals surface area (Å²) in [6.07, 6.45) is 14.4. The van der Waals surface area contributed by atoms with Crippen LogP contribution in [0.1, 0.15) is 91.9 Å². The van der Waals surface area contributed by atoms with Gasteiger partial charge in [0.25, 0.3) is 0 Å². The first-order valence-corrected chi connectivity index (χ1v) is 10.0. The fourth-order valence-electron chi connectivity index (χ4n) is 2.08. The third-order valence-electron chi connectivity index (χ3n) is 3.70. The highest BCUT2D eigenvalue weighted by Gasteiger charge is 2.05. The van der Waals surface area contributed by atoms with Crippen LogP contribution in [0.3, 0.4) is 0 Å². The molecule has 0 rings (SSSR count). The average molecular weight is 369 g/mol. The Morgan fingerprint density at radius 2 is 0.885 bits per heavy atom. The van der Waals surface area contributed by atoms with E-state index in [-0.39, 0.29) is 13.2 Å². The summed E-state index contributed by atoms with van der Waals surface area (Å²) >= 11 is 0. The van der Waals surface area contributed by atoms with Crippen LogP contribution < -0.4 is 0 Å². The molecular formula is C22H40O4. The van der Waals surface area contributed by atoms with Gasteiger partial charge in [0.1, 0.15) is 13.2 Å². The van der Waals surface area contributed by atoms with Crippen molar-refractivity contribution in [3.63, 3.8) is 0 Å². The highest BCUT2D eigenvalue weighted by Crippen LogP contribution is 2.09. The predicted octanol–water partition coefficient (Wildman–Crippen LogP) is 6.15. The molecule has 0 aromatic heterocycles. The van der Waals surface area contributed by atoms with Crippen molar-refractivity contribution in [2.45, 2.75) is 91.9 Å². The van der Waals surface area contributed by atoms with E-state index in [2.05, 4.69) is 36.5 Å². The maximum atomic E-state index is 10.8. The van der Waals surface area contributed by atoms with Gasteiger partial charge >= 0.3 is 11.9 Å². The first-order valence-electron chi connectivity index (χ1n) is 10.0. The Balaban J connectivity index is 0. The second kappa shape index (κ2) is 19.7. The van der Waals surface area contributed by atoms with E-state index in [1.807, 2.05) is 0 Å².